The molecule has 2 aromatic rings. The number of hydrogen-bond donors (Lipinski definition) is 1. The van der Waals surface area contributed by atoms with Crippen molar-refractivity contribution < 1.29 is 19.2 Å². The number of rotatable bonds is 10. The van der Waals surface area contributed by atoms with Crippen molar-refractivity contribution in [3.05, 3.63) is 70.8 Å². The van der Waals surface area contributed by atoms with Gasteiger partial charge < -0.3 is 15.1 Å². The number of carbonyl (C=O) groups excluding carboxylic acids is 4. The molecule has 204 valence electrons. The molecule has 7 nitrogen and oxygen atoms in total. The van der Waals surface area contributed by atoms with E-state index in [1.54, 1.807) is 34.1 Å². The fourth-order valence-corrected chi connectivity index (χ4v) is 3.38. The summed E-state index contributed by atoms with van der Waals surface area (Å²) in [5.41, 5.74) is 1.95. The SMILES string of the molecule is CCN(CC)C(=O)c1ccc(C(=O)N(CC)CC)cc1.CCNCC.O=C(Cl)c1ccc(C(=O)Cl)cc1. The summed E-state index contributed by atoms with van der Waals surface area (Å²) in [7, 11) is 0. The van der Waals surface area contributed by atoms with E-state index in [1.165, 1.54) is 24.3 Å². The topological polar surface area (TPSA) is 86.8 Å². The summed E-state index contributed by atoms with van der Waals surface area (Å²) in [6.45, 7) is 17.0. The number of nitrogens with one attached hydrogen (secondary N) is 1. The average Bonchev–Trinajstić information content (AvgIpc) is 2.91. The second-order valence-corrected chi connectivity index (χ2v) is 8.30. The van der Waals surface area contributed by atoms with E-state index in [9.17, 15) is 19.2 Å². The second-order valence-electron chi connectivity index (χ2n) is 7.61. The van der Waals surface area contributed by atoms with Crippen LogP contribution in [-0.2, 0) is 0 Å². The molecule has 2 aromatic carbocycles. The van der Waals surface area contributed by atoms with E-state index in [1.807, 2.05) is 27.7 Å². The molecule has 0 fully saturated rings. The lowest BCUT2D eigenvalue weighted by atomic mass is 10.1. The Morgan fingerprint density at radius 2 is 0.784 bits per heavy atom. The zero-order valence-electron chi connectivity index (χ0n) is 22.6. The molecule has 0 bridgehead atoms. The van der Waals surface area contributed by atoms with Gasteiger partial charge >= 0.3 is 0 Å². The third-order valence-corrected chi connectivity index (χ3v) is 5.76. The molecule has 0 aromatic heterocycles. The summed E-state index contributed by atoms with van der Waals surface area (Å²) in [6.07, 6.45) is 0. The molecular formula is C28H39Cl2N3O4. The van der Waals surface area contributed by atoms with Crippen LogP contribution in [0.3, 0.4) is 0 Å². The summed E-state index contributed by atoms with van der Waals surface area (Å²) in [4.78, 5) is 49.0. The van der Waals surface area contributed by atoms with Gasteiger partial charge in [-0.05, 0) is 113 Å². The van der Waals surface area contributed by atoms with Crippen LogP contribution in [0.25, 0.3) is 0 Å². The number of hydrogen-bond acceptors (Lipinski definition) is 5. The van der Waals surface area contributed by atoms with Crippen LogP contribution in [0.4, 0.5) is 0 Å². The zero-order valence-corrected chi connectivity index (χ0v) is 24.2. The van der Waals surface area contributed by atoms with Gasteiger partial charge in [0.15, 0.2) is 0 Å². The minimum Gasteiger partial charge on any atom is -0.339 e. The molecule has 9 heteroatoms. The average molecular weight is 553 g/mol. The number of carbonyl (C=O) groups is 4. The fraction of sp³-hybridized carbons (Fsp3) is 0.429. The minimum atomic E-state index is -0.552. The van der Waals surface area contributed by atoms with E-state index in [-0.39, 0.29) is 11.8 Å². The normalized spacial score (nSPS) is 9.73. The number of amides is 2. The number of halogens is 2. The van der Waals surface area contributed by atoms with Crippen molar-refractivity contribution in [2.24, 2.45) is 0 Å². The number of nitrogens with zero attached hydrogens (tertiary/aromatic N) is 2. The first-order valence-corrected chi connectivity index (χ1v) is 13.3. The number of benzene rings is 2. The molecule has 0 aliphatic rings. The molecule has 0 heterocycles. The molecule has 1 N–H and O–H groups in total. The standard InChI is InChI=1S/C16H24N2O2.C8H4Cl2O2.C4H11N/c1-5-17(6-2)15(19)13-9-11-14(12-10-13)16(20)18(7-3)8-4;9-7(11)5-1-2-6(4-3-5)8(10)12;1-3-5-4-2/h9-12H,5-8H2,1-4H3;1-4H;5H,3-4H2,1-2H3. The van der Waals surface area contributed by atoms with Gasteiger partial charge in [0, 0.05) is 48.4 Å². The largest absolute Gasteiger partial charge is 0.339 e. The van der Waals surface area contributed by atoms with Gasteiger partial charge in [0.2, 0.25) is 0 Å². The van der Waals surface area contributed by atoms with Crippen molar-refractivity contribution in [1.82, 2.24) is 15.1 Å². The lowest BCUT2D eigenvalue weighted by Crippen LogP contribution is -2.31. The van der Waals surface area contributed by atoms with Gasteiger partial charge in [-0.1, -0.05) is 13.8 Å². The summed E-state index contributed by atoms with van der Waals surface area (Å²) >= 11 is 10.4. The molecule has 0 atom stereocenters. The Bertz CT molecular complexity index is 894. The predicted octanol–water partition coefficient (Wildman–Crippen LogP) is 5.71. The lowest BCUT2D eigenvalue weighted by molar-refractivity contribution is 0.0760. The first-order chi connectivity index (χ1) is 17.6. The maximum atomic E-state index is 12.2. The van der Waals surface area contributed by atoms with Crippen molar-refractivity contribution in [3.63, 3.8) is 0 Å². The van der Waals surface area contributed by atoms with Gasteiger partial charge in [0.25, 0.3) is 22.3 Å². The molecule has 0 radical (unpaired) electrons. The summed E-state index contributed by atoms with van der Waals surface area (Å²) in [6, 6.07) is 12.7. The van der Waals surface area contributed by atoms with E-state index in [4.69, 9.17) is 23.2 Å². The van der Waals surface area contributed by atoms with Gasteiger partial charge in [-0.15, -0.1) is 0 Å². The Balaban J connectivity index is 0.000000641. The predicted molar refractivity (Wildman–Crippen MR) is 152 cm³/mol. The zero-order chi connectivity index (χ0) is 28.4. The molecular weight excluding hydrogens is 513 g/mol. The maximum Gasteiger partial charge on any atom is 0.253 e. The van der Waals surface area contributed by atoms with Crippen LogP contribution in [0.15, 0.2) is 48.5 Å². The van der Waals surface area contributed by atoms with Crippen molar-refractivity contribution in [3.8, 4) is 0 Å². The Labute approximate surface area is 231 Å². The highest BCUT2D eigenvalue weighted by Gasteiger charge is 2.15. The van der Waals surface area contributed by atoms with Crippen LogP contribution in [0.2, 0.25) is 0 Å². The maximum absolute atomic E-state index is 12.2. The fourth-order valence-electron chi connectivity index (χ4n) is 3.12. The Kier molecular flexibility index (Phi) is 17.9. The lowest BCUT2D eigenvalue weighted by Gasteiger charge is -2.20. The molecule has 0 spiro atoms. The highest BCUT2D eigenvalue weighted by molar-refractivity contribution is 6.68. The van der Waals surface area contributed by atoms with E-state index < -0.39 is 10.5 Å². The Hall–Kier alpha value is -2.74. The van der Waals surface area contributed by atoms with Crippen LogP contribution in [0.1, 0.15) is 83.0 Å². The van der Waals surface area contributed by atoms with E-state index >= 15 is 0 Å². The molecule has 0 saturated heterocycles. The van der Waals surface area contributed by atoms with Gasteiger partial charge in [-0.25, -0.2) is 0 Å². The molecule has 37 heavy (non-hydrogen) atoms. The summed E-state index contributed by atoms with van der Waals surface area (Å²) < 4.78 is 0. The minimum absolute atomic E-state index is 0.0110. The monoisotopic (exact) mass is 551 g/mol. The quantitative estimate of drug-likeness (QED) is 0.382. The van der Waals surface area contributed by atoms with Crippen molar-refractivity contribution in [2.45, 2.75) is 41.5 Å². The second kappa shape index (κ2) is 19.4. The van der Waals surface area contributed by atoms with Crippen LogP contribution >= 0.6 is 23.2 Å². The van der Waals surface area contributed by atoms with Gasteiger partial charge in [0.05, 0.1) is 0 Å². The van der Waals surface area contributed by atoms with Crippen LogP contribution in [0, 0.1) is 0 Å². The third-order valence-electron chi connectivity index (χ3n) is 5.32. The van der Waals surface area contributed by atoms with Gasteiger partial charge in [-0.3, -0.25) is 19.2 Å². The van der Waals surface area contributed by atoms with Gasteiger partial charge in [0.1, 0.15) is 0 Å². The molecule has 0 aliphatic carbocycles. The van der Waals surface area contributed by atoms with Crippen molar-refractivity contribution in [2.75, 3.05) is 39.3 Å². The van der Waals surface area contributed by atoms with Gasteiger partial charge in [-0.2, -0.15) is 0 Å². The summed E-state index contributed by atoms with van der Waals surface area (Å²) in [5.74, 6) is 0.0219. The van der Waals surface area contributed by atoms with Crippen LogP contribution in [0.5, 0.6) is 0 Å². The van der Waals surface area contributed by atoms with E-state index in [0.717, 1.165) is 13.1 Å². The van der Waals surface area contributed by atoms with Crippen LogP contribution in [-0.4, -0.2) is 71.4 Å². The van der Waals surface area contributed by atoms with Crippen LogP contribution < -0.4 is 5.32 Å². The molecule has 0 saturated carbocycles. The van der Waals surface area contributed by atoms with E-state index in [2.05, 4.69) is 19.2 Å². The Morgan fingerprint density at radius 3 is 0.946 bits per heavy atom. The Morgan fingerprint density at radius 1 is 0.541 bits per heavy atom. The van der Waals surface area contributed by atoms with Crippen molar-refractivity contribution in [1.29, 1.82) is 0 Å². The third kappa shape index (κ3) is 12.4. The molecule has 2 rings (SSSR count). The molecule has 2 amide bonds. The van der Waals surface area contributed by atoms with E-state index in [0.29, 0.717) is 48.4 Å². The highest BCUT2D eigenvalue weighted by atomic mass is 35.5. The first kappa shape index (κ1) is 34.3. The highest BCUT2D eigenvalue weighted by Crippen LogP contribution is 2.11. The molecule has 0 unspecified atom stereocenters. The summed E-state index contributed by atoms with van der Waals surface area (Å²) in [5, 5.41) is 2.01. The van der Waals surface area contributed by atoms with Crippen molar-refractivity contribution >= 4 is 45.5 Å². The first-order valence-electron chi connectivity index (χ1n) is 12.5. The smallest absolute Gasteiger partial charge is 0.253 e. The molecule has 0 aliphatic heterocycles.